The van der Waals surface area contributed by atoms with Crippen LogP contribution >= 0.6 is 0 Å². The summed E-state index contributed by atoms with van der Waals surface area (Å²) in [6.07, 6.45) is 4.56. The monoisotopic (exact) mass is 397 g/mol. The van der Waals surface area contributed by atoms with Crippen LogP contribution in [0.15, 0.2) is 42.7 Å². The lowest BCUT2D eigenvalue weighted by molar-refractivity contribution is 0.601. The number of nitrogens with zero attached hydrogens (tertiary/aromatic N) is 7. The number of fused-ring (bicyclic) bond motifs is 2. The van der Waals surface area contributed by atoms with Gasteiger partial charge in [-0.3, -0.25) is 4.98 Å². The highest BCUT2D eigenvalue weighted by atomic mass is 32.2. The number of sulfone groups is 1. The Morgan fingerprint density at radius 1 is 1.18 bits per heavy atom. The molecule has 0 saturated heterocycles. The Morgan fingerprint density at radius 2 is 2.04 bits per heavy atom. The molecular weight excluding hydrogens is 378 g/mol. The van der Waals surface area contributed by atoms with Crippen molar-refractivity contribution in [1.82, 2.24) is 29.9 Å². The van der Waals surface area contributed by atoms with Crippen LogP contribution < -0.4 is 4.90 Å². The van der Waals surface area contributed by atoms with Crippen LogP contribution in [0, 0.1) is 0 Å². The Balaban J connectivity index is 1.62. The molecule has 4 rings (SSSR count). The smallest absolute Gasteiger partial charge is 0.221 e. The Labute approximate surface area is 162 Å². The predicted octanol–water partition coefficient (Wildman–Crippen LogP) is 1.30. The van der Waals surface area contributed by atoms with Gasteiger partial charge in [0.15, 0.2) is 5.65 Å². The highest BCUT2D eigenvalue weighted by Crippen LogP contribution is 2.17. The second kappa shape index (κ2) is 7.12. The van der Waals surface area contributed by atoms with Crippen LogP contribution in [0.2, 0.25) is 0 Å². The zero-order valence-electron chi connectivity index (χ0n) is 15.5. The van der Waals surface area contributed by atoms with Crippen LogP contribution in [0.25, 0.3) is 22.2 Å². The van der Waals surface area contributed by atoms with E-state index in [2.05, 4.69) is 31.3 Å². The standard InChI is InChI=1S/C18H19N7O2S/c1-24(8-9-28(2,26)27)16-11-20-17-18(21-16)25(23-22-17)12-13-5-6-15-14(10-13)4-3-7-19-15/h3-7,10-11H,8-9,12H2,1-2H3. The largest absolute Gasteiger partial charge is 0.357 e. The molecule has 0 radical (unpaired) electrons. The molecule has 0 fully saturated rings. The molecule has 0 atom stereocenters. The minimum Gasteiger partial charge on any atom is -0.357 e. The van der Waals surface area contributed by atoms with Crippen molar-refractivity contribution in [3.63, 3.8) is 0 Å². The summed E-state index contributed by atoms with van der Waals surface area (Å²) >= 11 is 0. The molecule has 0 spiro atoms. The maximum Gasteiger partial charge on any atom is 0.221 e. The number of hydrogen-bond acceptors (Lipinski definition) is 8. The second-order valence-corrected chi connectivity index (χ2v) is 8.96. The van der Waals surface area contributed by atoms with E-state index in [9.17, 15) is 8.42 Å². The molecular formula is C18H19N7O2S. The van der Waals surface area contributed by atoms with Crippen LogP contribution in [-0.4, -0.2) is 64.0 Å². The van der Waals surface area contributed by atoms with Gasteiger partial charge in [-0.25, -0.2) is 23.1 Å². The minimum atomic E-state index is -3.05. The van der Waals surface area contributed by atoms with E-state index in [-0.39, 0.29) is 5.75 Å². The molecule has 0 aliphatic carbocycles. The van der Waals surface area contributed by atoms with E-state index in [0.29, 0.717) is 30.2 Å². The maximum absolute atomic E-state index is 11.4. The van der Waals surface area contributed by atoms with Crippen molar-refractivity contribution in [1.29, 1.82) is 0 Å². The van der Waals surface area contributed by atoms with E-state index in [1.54, 1.807) is 29.0 Å². The minimum absolute atomic E-state index is 0.0475. The lowest BCUT2D eigenvalue weighted by Gasteiger charge is -2.16. The number of rotatable bonds is 6. The highest BCUT2D eigenvalue weighted by Gasteiger charge is 2.13. The third kappa shape index (κ3) is 3.91. The zero-order chi connectivity index (χ0) is 19.7. The van der Waals surface area contributed by atoms with Gasteiger partial charge in [0.05, 0.1) is 24.0 Å². The molecule has 0 amide bonds. The zero-order valence-corrected chi connectivity index (χ0v) is 16.3. The Hall–Kier alpha value is -3.14. The summed E-state index contributed by atoms with van der Waals surface area (Å²) in [5.74, 6) is 0.619. The summed E-state index contributed by atoms with van der Waals surface area (Å²) < 4.78 is 24.5. The van der Waals surface area contributed by atoms with Crippen molar-refractivity contribution in [2.24, 2.45) is 0 Å². The Kier molecular flexibility index (Phi) is 4.63. The van der Waals surface area contributed by atoms with Crippen molar-refractivity contribution in [2.75, 3.05) is 30.5 Å². The lowest BCUT2D eigenvalue weighted by atomic mass is 10.1. The number of hydrogen-bond donors (Lipinski definition) is 0. The van der Waals surface area contributed by atoms with Gasteiger partial charge in [0.1, 0.15) is 15.7 Å². The van der Waals surface area contributed by atoms with E-state index in [1.807, 2.05) is 24.3 Å². The third-order valence-electron chi connectivity index (χ3n) is 4.40. The van der Waals surface area contributed by atoms with E-state index < -0.39 is 9.84 Å². The molecule has 0 aliphatic rings. The molecule has 4 aromatic rings. The molecule has 9 nitrogen and oxygen atoms in total. The van der Waals surface area contributed by atoms with E-state index in [4.69, 9.17) is 0 Å². The molecule has 3 aromatic heterocycles. The molecule has 0 bridgehead atoms. The van der Waals surface area contributed by atoms with Gasteiger partial charge in [-0.15, -0.1) is 5.10 Å². The Morgan fingerprint density at radius 3 is 2.86 bits per heavy atom. The number of aromatic nitrogens is 6. The van der Waals surface area contributed by atoms with Gasteiger partial charge in [0.25, 0.3) is 0 Å². The fraction of sp³-hybridized carbons (Fsp3) is 0.278. The highest BCUT2D eigenvalue weighted by molar-refractivity contribution is 7.90. The quantitative estimate of drug-likeness (QED) is 0.479. The van der Waals surface area contributed by atoms with Gasteiger partial charge >= 0.3 is 0 Å². The normalized spacial score (nSPS) is 11.9. The van der Waals surface area contributed by atoms with Gasteiger partial charge in [0.2, 0.25) is 5.65 Å². The first-order valence-corrected chi connectivity index (χ1v) is 10.7. The molecule has 3 heterocycles. The topological polar surface area (TPSA) is 107 Å². The summed E-state index contributed by atoms with van der Waals surface area (Å²) in [5.41, 5.74) is 2.98. The first-order valence-electron chi connectivity index (χ1n) is 8.68. The third-order valence-corrected chi connectivity index (χ3v) is 5.33. The fourth-order valence-electron chi connectivity index (χ4n) is 2.85. The van der Waals surface area contributed by atoms with Gasteiger partial charge in [-0.2, -0.15) is 0 Å². The molecule has 1 aromatic carbocycles. The van der Waals surface area contributed by atoms with Crippen LogP contribution in [0.4, 0.5) is 5.82 Å². The van der Waals surface area contributed by atoms with Gasteiger partial charge in [-0.1, -0.05) is 17.3 Å². The van der Waals surface area contributed by atoms with Gasteiger partial charge in [-0.05, 0) is 23.8 Å². The fourth-order valence-corrected chi connectivity index (χ4v) is 3.46. The average Bonchev–Trinajstić information content (AvgIpc) is 3.07. The molecule has 10 heteroatoms. The van der Waals surface area contributed by atoms with Crippen LogP contribution in [0.3, 0.4) is 0 Å². The van der Waals surface area contributed by atoms with Crippen molar-refractivity contribution in [3.05, 3.63) is 48.3 Å². The molecule has 28 heavy (non-hydrogen) atoms. The van der Waals surface area contributed by atoms with E-state index in [1.165, 1.54) is 6.26 Å². The molecule has 0 aliphatic heterocycles. The summed E-state index contributed by atoms with van der Waals surface area (Å²) in [6.45, 7) is 0.824. The second-order valence-electron chi connectivity index (χ2n) is 6.70. The number of pyridine rings is 1. The predicted molar refractivity (Wildman–Crippen MR) is 107 cm³/mol. The first kappa shape index (κ1) is 18.2. The number of anilines is 1. The SMILES string of the molecule is CN(CCS(C)(=O)=O)c1cnc2nnn(Cc3ccc4ncccc4c3)c2n1. The van der Waals surface area contributed by atoms with Crippen molar-refractivity contribution < 1.29 is 8.42 Å². The van der Waals surface area contributed by atoms with Crippen LogP contribution in [0.5, 0.6) is 0 Å². The summed E-state index contributed by atoms with van der Waals surface area (Å²) in [7, 11) is -1.27. The molecule has 0 saturated carbocycles. The average molecular weight is 397 g/mol. The first-order chi connectivity index (χ1) is 13.4. The van der Waals surface area contributed by atoms with Crippen LogP contribution in [0.1, 0.15) is 5.56 Å². The Bertz CT molecular complexity index is 1250. The summed E-state index contributed by atoms with van der Waals surface area (Å²) in [4.78, 5) is 15.0. The van der Waals surface area contributed by atoms with Crippen molar-refractivity contribution in [3.8, 4) is 0 Å². The summed E-state index contributed by atoms with van der Waals surface area (Å²) in [5, 5.41) is 9.30. The van der Waals surface area contributed by atoms with Gasteiger partial charge < -0.3 is 4.90 Å². The van der Waals surface area contributed by atoms with E-state index >= 15 is 0 Å². The maximum atomic E-state index is 11.4. The molecule has 0 unspecified atom stereocenters. The van der Waals surface area contributed by atoms with Crippen molar-refractivity contribution in [2.45, 2.75) is 6.54 Å². The van der Waals surface area contributed by atoms with Gasteiger partial charge in [0, 0.05) is 31.4 Å². The number of benzene rings is 1. The molecule has 144 valence electrons. The van der Waals surface area contributed by atoms with Crippen molar-refractivity contribution >= 4 is 37.9 Å². The lowest BCUT2D eigenvalue weighted by Crippen LogP contribution is -2.25. The van der Waals surface area contributed by atoms with E-state index in [0.717, 1.165) is 16.5 Å². The molecule has 0 N–H and O–H groups in total. The summed E-state index contributed by atoms with van der Waals surface area (Å²) in [6, 6.07) is 9.95. The van der Waals surface area contributed by atoms with Crippen LogP contribution in [-0.2, 0) is 16.4 Å².